The molecule has 0 unspecified atom stereocenters. The van der Waals surface area contributed by atoms with E-state index in [1.54, 1.807) is 18.2 Å². The number of aromatic nitrogens is 3. The molecule has 8 heteroatoms. The summed E-state index contributed by atoms with van der Waals surface area (Å²) in [5, 5.41) is 8.48. The molecule has 0 aliphatic heterocycles. The van der Waals surface area contributed by atoms with Crippen LogP contribution in [-0.2, 0) is 11.2 Å². The zero-order valence-corrected chi connectivity index (χ0v) is 15.8. The summed E-state index contributed by atoms with van der Waals surface area (Å²) in [6.45, 7) is 7.95. The fourth-order valence-corrected chi connectivity index (χ4v) is 3.46. The van der Waals surface area contributed by atoms with Gasteiger partial charge in [-0.05, 0) is 39.3 Å². The normalized spacial score (nSPS) is 11.3. The number of carbonyl (C=O) groups excluding carboxylic acids is 1. The Morgan fingerprint density at radius 2 is 1.88 bits per heavy atom. The van der Waals surface area contributed by atoms with Gasteiger partial charge in [0.2, 0.25) is 11.1 Å². The van der Waals surface area contributed by atoms with Gasteiger partial charge in [-0.1, -0.05) is 30.0 Å². The van der Waals surface area contributed by atoms with E-state index < -0.39 is 0 Å². The zero-order valence-electron chi connectivity index (χ0n) is 14.9. The lowest BCUT2D eigenvalue weighted by atomic mass is 10.1. The van der Waals surface area contributed by atoms with Crippen molar-refractivity contribution in [3.8, 4) is 0 Å². The van der Waals surface area contributed by atoms with Crippen LogP contribution < -0.4 is 5.84 Å². The van der Waals surface area contributed by atoms with Crippen LogP contribution in [0.2, 0.25) is 0 Å². The quantitative estimate of drug-likeness (QED) is 0.602. The number of hydrogen-bond donors (Lipinski definition) is 1. The number of halogens is 1. The molecule has 0 fully saturated rings. The molecule has 0 aliphatic rings. The number of amides is 1. The van der Waals surface area contributed by atoms with E-state index in [2.05, 4.69) is 10.2 Å². The molecule has 0 aliphatic carbocycles. The molecule has 6 nitrogen and oxygen atoms in total. The number of thioether (sulfide) groups is 1. The minimum absolute atomic E-state index is 0.0219. The SMILES string of the molecule is CC(C)N(C(=O)CSc1nnc(Cc2ccccc2F)n1N)C(C)C. The van der Waals surface area contributed by atoms with Crippen molar-refractivity contribution in [3.05, 3.63) is 41.5 Å². The summed E-state index contributed by atoms with van der Waals surface area (Å²) in [6, 6.07) is 6.72. The molecule has 2 aromatic rings. The average Bonchev–Trinajstić information content (AvgIpc) is 2.87. The monoisotopic (exact) mass is 365 g/mol. The Morgan fingerprint density at radius 3 is 2.48 bits per heavy atom. The van der Waals surface area contributed by atoms with Gasteiger partial charge in [0.15, 0.2) is 5.82 Å². The van der Waals surface area contributed by atoms with Crippen LogP contribution >= 0.6 is 11.8 Å². The number of rotatable bonds is 7. The van der Waals surface area contributed by atoms with Gasteiger partial charge >= 0.3 is 0 Å². The largest absolute Gasteiger partial charge is 0.337 e. The molecule has 1 aromatic heterocycles. The van der Waals surface area contributed by atoms with Crippen molar-refractivity contribution in [2.24, 2.45) is 0 Å². The highest BCUT2D eigenvalue weighted by Crippen LogP contribution is 2.19. The molecule has 0 saturated heterocycles. The van der Waals surface area contributed by atoms with Crippen LogP contribution in [0.5, 0.6) is 0 Å². The van der Waals surface area contributed by atoms with Crippen molar-refractivity contribution in [3.63, 3.8) is 0 Å². The maximum Gasteiger partial charge on any atom is 0.233 e. The number of nitrogens with two attached hydrogens (primary N) is 1. The third kappa shape index (κ3) is 4.72. The van der Waals surface area contributed by atoms with E-state index in [1.165, 1.54) is 22.5 Å². The standard InChI is InChI=1S/C17H24FN5OS/c1-11(2)22(12(3)4)16(24)10-25-17-21-20-15(23(17)19)9-13-7-5-6-8-14(13)18/h5-8,11-12H,9-10,19H2,1-4H3. The highest BCUT2D eigenvalue weighted by atomic mass is 32.2. The van der Waals surface area contributed by atoms with Crippen molar-refractivity contribution >= 4 is 17.7 Å². The fourth-order valence-electron chi connectivity index (χ4n) is 2.71. The molecule has 0 spiro atoms. The van der Waals surface area contributed by atoms with Crippen LogP contribution in [0.3, 0.4) is 0 Å². The number of carbonyl (C=O) groups is 1. The maximum atomic E-state index is 13.8. The van der Waals surface area contributed by atoms with Gasteiger partial charge in [-0.15, -0.1) is 10.2 Å². The Balaban J connectivity index is 2.04. The second kappa shape index (κ2) is 8.33. The topological polar surface area (TPSA) is 77.0 Å². The van der Waals surface area contributed by atoms with Gasteiger partial charge in [-0.2, -0.15) is 0 Å². The summed E-state index contributed by atoms with van der Waals surface area (Å²) in [6.07, 6.45) is 0.245. The van der Waals surface area contributed by atoms with Crippen LogP contribution in [0.1, 0.15) is 39.1 Å². The first kappa shape index (κ1) is 19.2. The smallest absolute Gasteiger partial charge is 0.233 e. The summed E-state index contributed by atoms with van der Waals surface area (Å²) >= 11 is 1.23. The molecule has 0 atom stereocenters. The Labute approximate surface area is 151 Å². The first-order valence-electron chi connectivity index (χ1n) is 8.18. The molecule has 2 rings (SSSR count). The lowest BCUT2D eigenvalue weighted by Crippen LogP contribution is -2.43. The number of nitrogen functional groups attached to an aromatic ring is 1. The van der Waals surface area contributed by atoms with Gasteiger partial charge in [-0.25, -0.2) is 9.07 Å². The molecule has 25 heavy (non-hydrogen) atoms. The van der Waals surface area contributed by atoms with E-state index in [-0.39, 0.29) is 36.0 Å². The van der Waals surface area contributed by atoms with Gasteiger partial charge in [0.1, 0.15) is 5.82 Å². The average molecular weight is 365 g/mol. The van der Waals surface area contributed by atoms with Gasteiger partial charge in [0.25, 0.3) is 0 Å². The number of nitrogens with zero attached hydrogens (tertiary/aromatic N) is 4. The highest BCUT2D eigenvalue weighted by molar-refractivity contribution is 7.99. The molecule has 1 heterocycles. The maximum absolute atomic E-state index is 13.8. The minimum Gasteiger partial charge on any atom is -0.337 e. The van der Waals surface area contributed by atoms with Crippen LogP contribution in [0.15, 0.2) is 29.4 Å². The molecule has 1 aromatic carbocycles. The Morgan fingerprint density at radius 1 is 1.24 bits per heavy atom. The van der Waals surface area contributed by atoms with Crippen molar-refractivity contribution in [2.45, 2.75) is 51.4 Å². The van der Waals surface area contributed by atoms with Gasteiger partial charge < -0.3 is 10.7 Å². The molecule has 2 N–H and O–H groups in total. The summed E-state index contributed by atoms with van der Waals surface area (Å²) < 4.78 is 15.1. The van der Waals surface area contributed by atoms with Crippen LogP contribution in [0.4, 0.5) is 4.39 Å². The van der Waals surface area contributed by atoms with Crippen LogP contribution in [0.25, 0.3) is 0 Å². The molecule has 1 amide bonds. The summed E-state index contributed by atoms with van der Waals surface area (Å²) in [7, 11) is 0. The fraction of sp³-hybridized carbons (Fsp3) is 0.471. The van der Waals surface area contributed by atoms with Crippen molar-refractivity contribution in [2.75, 3.05) is 11.6 Å². The first-order chi connectivity index (χ1) is 11.8. The van der Waals surface area contributed by atoms with E-state index >= 15 is 0 Å². The van der Waals surface area contributed by atoms with E-state index in [9.17, 15) is 9.18 Å². The predicted octanol–water partition coefficient (Wildman–Crippen LogP) is 2.46. The lowest BCUT2D eigenvalue weighted by molar-refractivity contribution is -0.131. The van der Waals surface area contributed by atoms with E-state index in [0.29, 0.717) is 16.5 Å². The zero-order chi connectivity index (χ0) is 18.6. The van der Waals surface area contributed by atoms with Gasteiger partial charge in [0, 0.05) is 18.5 Å². The Bertz CT molecular complexity index is 724. The summed E-state index contributed by atoms with van der Waals surface area (Å²) in [4.78, 5) is 14.2. The van der Waals surface area contributed by atoms with Gasteiger partial charge in [-0.3, -0.25) is 4.79 Å². The van der Waals surface area contributed by atoms with Crippen molar-refractivity contribution in [1.82, 2.24) is 19.8 Å². The van der Waals surface area contributed by atoms with Crippen LogP contribution in [0, 0.1) is 5.82 Å². The molecule has 0 bridgehead atoms. The van der Waals surface area contributed by atoms with E-state index in [0.717, 1.165) is 0 Å². The molecule has 0 saturated carbocycles. The Hall–Kier alpha value is -2.09. The van der Waals surface area contributed by atoms with Crippen LogP contribution in [-0.4, -0.2) is 43.5 Å². The van der Waals surface area contributed by atoms with Crippen molar-refractivity contribution < 1.29 is 9.18 Å². The Kier molecular flexibility index (Phi) is 6.41. The first-order valence-corrected chi connectivity index (χ1v) is 9.16. The van der Waals surface area contributed by atoms with Crippen molar-refractivity contribution in [1.29, 1.82) is 0 Å². The van der Waals surface area contributed by atoms with Gasteiger partial charge in [0.05, 0.1) is 5.75 Å². The van der Waals surface area contributed by atoms with E-state index in [4.69, 9.17) is 5.84 Å². The minimum atomic E-state index is -0.306. The third-order valence-electron chi connectivity index (χ3n) is 3.77. The summed E-state index contributed by atoms with van der Waals surface area (Å²) in [5.41, 5.74) is 0.500. The predicted molar refractivity (Wildman–Crippen MR) is 97.2 cm³/mol. The second-order valence-electron chi connectivity index (χ2n) is 6.31. The highest BCUT2D eigenvalue weighted by Gasteiger charge is 2.21. The molecule has 136 valence electrons. The summed E-state index contributed by atoms with van der Waals surface area (Å²) in [5.74, 6) is 6.40. The number of hydrogen-bond acceptors (Lipinski definition) is 5. The second-order valence-corrected chi connectivity index (χ2v) is 7.26. The van der Waals surface area contributed by atoms with E-state index in [1.807, 2.05) is 32.6 Å². The lowest BCUT2D eigenvalue weighted by Gasteiger charge is -2.30. The molecular formula is C17H24FN5OS. The molecule has 0 radical (unpaired) electrons. The third-order valence-corrected chi connectivity index (χ3v) is 4.69. The molecular weight excluding hydrogens is 341 g/mol. The number of benzene rings is 1.